The zero-order valence-corrected chi connectivity index (χ0v) is 14.1. The van der Waals surface area contributed by atoms with E-state index in [0.717, 1.165) is 9.35 Å². The number of ether oxygens (including phenoxy) is 1. The third-order valence-electron chi connectivity index (χ3n) is 2.57. The highest BCUT2D eigenvalue weighted by Gasteiger charge is 2.18. The van der Waals surface area contributed by atoms with Gasteiger partial charge in [0.2, 0.25) is 5.91 Å². The van der Waals surface area contributed by atoms with Crippen molar-refractivity contribution in [3.63, 3.8) is 0 Å². The van der Waals surface area contributed by atoms with Gasteiger partial charge in [0.1, 0.15) is 10.8 Å². The van der Waals surface area contributed by atoms with Crippen molar-refractivity contribution < 1.29 is 9.53 Å². The molecule has 1 aromatic carbocycles. The van der Waals surface area contributed by atoms with Gasteiger partial charge >= 0.3 is 0 Å². The van der Waals surface area contributed by atoms with Gasteiger partial charge in [0.25, 0.3) is 0 Å². The molecule has 21 heavy (non-hydrogen) atoms. The molecule has 8 heteroatoms. The monoisotopic (exact) mass is 343 g/mol. The van der Waals surface area contributed by atoms with Crippen LogP contribution in [0.25, 0.3) is 0 Å². The van der Waals surface area contributed by atoms with E-state index in [1.807, 2.05) is 13.8 Å². The molecule has 1 heterocycles. The molecule has 0 fully saturated rings. The first-order chi connectivity index (χ1) is 9.99. The van der Waals surface area contributed by atoms with Gasteiger partial charge < -0.3 is 10.1 Å². The Kier molecular flexibility index (Phi) is 5.44. The van der Waals surface area contributed by atoms with Gasteiger partial charge in [-0.05, 0) is 32.0 Å². The first-order valence-corrected chi connectivity index (χ1v) is 8.18. The minimum absolute atomic E-state index is 0.145. The number of nitrogens with one attached hydrogen (secondary N) is 1. The summed E-state index contributed by atoms with van der Waals surface area (Å²) in [4.78, 5) is 12.2. The molecule has 1 N–H and O–H groups in total. The Morgan fingerprint density at radius 2 is 2.24 bits per heavy atom. The Morgan fingerprint density at radius 3 is 2.86 bits per heavy atom. The molecule has 1 amide bonds. The number of halogens is 1. The number of carbonyl (C=O) groups is 1. The molecule has 0 unspecified atom stereocenters. The van der Waals surface area contributed by atoms with Gasteiger partial charge in [-0.2, -0.15) is 0 Å². The van der Waals surface area contributed by atoms with Crippen LogP contribution in [0.1, 0.15) is 11.9 Å². The quantitative estimate of drug-likeness (QED) is 0.840. The van der Waals surface area contributed by atoms with Crippen LogP contribution >= 0.6 is 34.7 Å². The summed E-state index contributed by atoms with van der Waals surface area (Å²) in [6, 6.07) is 5.08. The number of nitrogens with zero attached hydrogens (tertiary/aromatic N) is 2. The summed E-state index contributed by atoms with van der Waals surface area (Å²) < 4.78 is 5.97. The number of methoxy groups -OCH3 is 1. The molecule has 1 atom stereocenters. The third-order valence-corrected chi connectivity index (χ3v) is 4.83. The first kappa shape index (κ1) is 16.1. The largest absolute Gasteiger partial charge is 0.495 e. The number of hydrogen-bond acceptors (Lipinski definition) is 6. The van der Waals surface area contributed by atoms with E-state index in [0.29, 0.717) is 16.5 Å². The van der Waals surface area contributed by atoms with E-state index in [4.69, 9.17) is 16.3 Å². The van der Waals surface area contributed by atoms with Crippen LogP contribution in [0, 0.1) is 6.92 Å². The second-order valence-corrected chi connectivity index (χ2v) is 7.39. The maximum atomic E-state index is 12.2. The highest BCUT2D eigenvalue weighted by Crippen LogP contribution is 2.30. The molecule has 0 saturated carbocycles. The SMILES string of the molecule is COc1ccc(Cl)cc1NC(=O)[C@H](C)Sc1nnc(C)s1. The van der Waals surface area contributed by atoms with Crippen LogP contribution in [0.3, 0.4) is 0 Å². The van der Waals surface area contributed by atoms with E-state index in [-0.39, 0.29) is 11.2 Å². The number of hydrogen-bond donors (Lipinski definition) is 1. The Bertz CT molecular complexity index is 648. The fraction of sp³-hybridized carbons (Fsp3) is 0.308. The van der Waals surface area contributed by atoms with Gasteiger partial charge in [-0.1, -0.05) is 34.7 Å². The van der Waals surface area contributed by atoms with Crippen molar-refractivity contribution in [1.82, 2.24) is 10.2 Å². The van der Waals surface area contributed by atoms with Gasteiger partial charge in [0.15, 0.2) is 4.34 Å². The maximum Gasteiger partial charge on any atom is 0.237 e. The van der Waals surface area contributed by atoms with E-state index < -0.39 is 0 Å². The van der Waals surface area contributed by atoms with E-state index in [9.17, 15) is 4.79 Å². The van der Waals surface area contributed by atoms with E-state index in [2.05, 4.69) is 15.5 Å². The maximum absolute atomic E-state index is 12.2. The Balaban J connectivity index is 2.05. The smallest absolute Gasteiger partial charge is 0.237 e. The number of anilines is 1. The lowest BCUT2D eigenvalue weighted by Crippen LogP contribution is -2.22. The molecule has 0 aliphatic carbocycles. The predicted molar refractivity (Wildman–Crippen MR) is 86.6 cm³/mol. The summed E-state index contributed by atoms with van der Waals surface area (Å²) in [5.74, 6) is 0.421. The molecule has 0 spiro atoms. The zero-order chi connectivity index (χ0) is 15.4. The van der Waals surface area contributed by atoms with Crippen molar-refractivity contribution in [3.05, 3.63) is 28.2 Å². The van der Waals surface area contributed by atoms with Gasteiger partial charge in [-0.25, -0.2) is 0 Å². The Hall–Kier alpha value is -1.31. The second kappa shape index (κ2) is 7.11. The molecule has 0 saturated heterocycles. The fourth-order valence-corrected chi connectivity index (χ4v) is 3.67. The van der Waals surface area contributed by atoms with Crippen LogP contribution in [-0.4, -0.2) is 28.5 Å². The van der Waals surface area contributed by atoms with E-state index in [1.165, 1.54) is 23.1 Å². The molecule has 2 rings (SSSR count). The van der Waals surface area contributed by atoms with Crippen LogP contribution < -0.4 is 10.1 Å². The van der Waals surface area contributed by atoms with Gasteiger partial charge in [0, 0.05) is 5.02 Å². The summed E-state index contributed by atoms with van der Waals surface area (Å²) in [5, 5.41) is 11.9. The van der Waals surface area contributed by atoms with Gasteiger partial charge in [-0.3, -0.25) is 4.79 Å². The summed E-state index contributed by atoms with van der Waals surface area (Å²) in [6.45, 7) is 3.69. The van der Waals surface area contributed by atoms with Crippen molar-refractivity contribution in [3.8, 4) is 5.75 Å². The number of carbonyl (C=O) groups excluding carboxylic acids is 1. The van der Waals surface area contributed by atoms with Crippen LogP contribution in [0.15, 0.2) is 22.5 Å². The zero-order valence-electron chi connectivity index (χ0n) is 11.7. The summed E-state index contributed by atoms with van der Waals surface area (Å²) in [6.07, 6.45) is 0. The average molecular weight is 344 g/mol. The molecule has 2 aromatic rings. The summed E-state index contributed by atoms with van der Waals surface area (Å²) in [5.41, 5.74) is 0.552. The second-order valence-electron chi connectivity index (χ2n) is 4.18. The number of thioether (sulfide) groups is 1. The standard InChI is InChI=1S/C13H14ClN3O2S2/c1-7(20-13-17-16-8(2)21-13)12(18)15-10-6-9(14)4-5-11(10)19-3/h4-7H,1-3H3,(H,15,18)/t7-/m0/s1. The Labute approximate surface area is 136 Å². The molecule has 0 aliphatic heterocycles. The molecule has 1 aromatic heterocycles. The highest BCUT2D eigenvalue weighted by molar-refractivity contribution is 8.02. The third kappa shape index (κ3) is 4.33. The summed E-state index contributed by atoms with van der Waals surface area (Å²) >= 11 is 8.77. The molecule has 5 nitrogen and oxygen atoms in total. The highest BCUT2D eigenvalue weighted by atomic mass is 35.5. The lowest BCUT2D eigenvalue weighted by atomic mass is 10.3. The molecule has 0 aliphatic rings. The van der Waals surface area contributed by atoms with Crippen molar-refractivity contribution in [2.75, 3.05) is 12.4 Å². The minimum atomic E-state index is -0.305. The van der Waals surface area contributed by atoms with Crippen molar-refractivity contribution in [2.45, 2.75) is 23.4 Å². The number of aryl methyl sites for hydroxylation is 1. The fourth-order valence-electron chi connectivity index (χ4n) is 1.54. The normalized spacial score (nSPS) is 12.0. The molecule has 112 valence electrons. The lowest BCUT2D eigenvalue weighted by molar-refractivity contribution is -0.115. The molecular weight excluding hydrogens is 330 g/mol. The topological polar surface area (TPSA) is 64.1 Å². The van der Waals surface area contributed by atoms with Crippen LogP contribution in [0.4, 0.5) is 5.69 Å². The first-order valence-electron chi connectivity index (χ1n) is 6.10. The van der Waals surface area contributed by atoms with Gasteiger partial charge in [-0.15, -0.1) is 10.2 Å². The van der Waals surface area contributed by atoms with Crippen molar-refractivity contribution >= 4 is 46.3 Å². The summed E-state index contributed by atoms with van der Waals surface area (Å²) in [7, 11) is 1.54. The molecular formula is C13H14ClN3O2S2. The predicted octanol–water partition coefficient (Wildman–Crippen LogP) is 3.63. The number of rotatable bonds is 5. The number of benzene rings is 1. The van der Waals surface area contributed by atoms with Crippen LogP contribution in [0.5, 0.6) is 5.75 Å². The lowest BCUT2D eigenvalue weighted by Gasteiger charge is -2.13. The number of aromatic nitrogens is 2. The molecule has 0 radical (unpaired) electrons. The Morgan fingerprint density at radius 1 is 1.48 bits per heavy atom. The minimum Gasteiger partial charge on any atom is -0.495 e. The van der Waals surface area contributed by atoms with Crippen LogP contribution in [-0.2, 0) is 4.79 Å². The van der Waals surface area contributed by atoms with Crippen molar-refractivity contribution in [1.29, 1.82) is 0 Å². The molecule has 0 bridgehead atoms. The van der Waals surface area contributed by atoms with E-state index >= 15 is 0 Å². The average Bonchev–Trinajstić information content (AvgIpc) is 2.84. The van der Waals surface area contributed by atoms with Gasteiger partial charge in [0.05, 0.1) is 18.0 Å². The number of amides is 1. The van der Waals surface area contributed by atoms with Crippen LogP contribution in [0.2, 0.25) is 5.02 Å². The van der Waals surface area contributed by atoms with E-state index in [1.54, 1.807) is 25.3 Å². The van der Waals surface area contributed by atoms with Crippen molar-refractivity contribution in [2.24, 2.45) is 0 Å².